The Morgan fingerprint density at radius 1 is 1.16 bits per heavy atom. The highest BCUT2D eigenvalue weighted by Crippen LogP contribution is 2.30. The van der Waals surface area contributed by atoms with Gasteiger partial charge < -0.3 is 4.43 Å². The molecule has 0 saturated carbocycles. The van der Waals surface area contributed by atoms with Crippen LogP contribution in [0.1, 0.15) is 68.2 Å². The van der Waals surface area contributed by atoms with Crippen LogP contribution in [0.3, 0.4) is 0 Å². The van der Waals surface area contributed by atoms with Crippen molar-refractivity contribution in [1.82, 2.24) is 0 Å². The molecule has 0 atom stereocenters. The molecular formula is C16H32O2Si. The van der Waals surface area contributed by atoms with Crippen molar-refractivity contribution in [3.05, 3.63) is 11.1 Å². The molecule has 112 valence electrons. The van der Waals surface area contributed by atoms with Gasteiger partial charge in [-0.2, -0.15) is 0 Å². The number of allylic oxidation sites excluding steroid dienone is 1. The summed E-state index contributed by atoms with van der Waals surface area (Å²) in [6.45, 7) is 17.1. The summed E-state index contributed by atoms with van der Waals surface area (Å²) in [7, 11) is -0.827. The highest BCUT2D eigenvalue weighted by Gasteiger charge is 2.23. The average molecular weight is 285 g/mol. The zero-order valence-electron chi connectivity index (χ0n) is 14.1. The summed E-state index contributed by atoms with van der Waals surface area (Å²) in [4.78, 5) is 12.2. The van der Waals surface area contributed by atoms with Crippen molar-refractivity contribution in [2.45, 2.75) is 73.3 Å². The van der Waals surface area contributed by atoms with Crippen molar-refractivity contribution >= 4 is 15.7 Å². The lowest BCUT2D eigenvalue weighted by molar-refractivity contribution is -0.130. The van der Waals surface area contributed by atoms with Crippen LogP contribution < -0.4 is 0 Å². The van der Waals surface area contributed by atoms with Crippen LogP contribution in [0, 0.1) is 11.8 Å². The van der Waals surface area contributed by atoms with E-state index in [0.29, 0.717) is 11.8 Å². The molecule has 0 heterocycles. The second-order valence-corrected chi connectivity index (χ2v) is 9.37. The topological polar surface area (TPSA) is 26.3 Å². The normalized spacial score (nSPS) is 12.5. The first-order valence-corrected chi connectivity index (χ1v) is 8.78. The van der Waals surface area contributed by atoms with Gasteiger partial charge in [-0.15, -0.1) is 0 Å². The Bertz CT molecular complexity index is 318. The number of hydrogen-bond acceptors (Lipinski definition) is 2. The third-order valence-corrected chi connectivity index (χ3v) is 5.05. The van der Waals surface area contributed by atoms with Gasteiger partial charge in [0.2, 0.25) is 9.76 Å². The Kier molecular flexibility index (Phi) is 7.64. The maximum Gasteiger partial charge on any atom is 0.320 e. The Morgan fingerprint density at radius 3 is 2.00 bits per heavy atom. The van der Waals surface area contributed by atoms with Crippen molar-refractivity contribution in [3.8, 4) is 0 Å². The van der Waals surface area contributed by atoms with E-state index >= 15 is 0 Å². The largest absolute Gasteiger partial charge is 0.521 e. The van der Waals surface area contributed by atoms with Gasteiger partial charge in [-0.1, -0.05) is 60.5 Å². The molecule has 0 unspecified atom stereocenters. The highest BCUT2D eigenvalue weighted by atomic mass is 28.2. The number of rotatable bonds is 7. The van der Waals surface area contributed by atoms with E-state index in [2.05, 4.69) is 48.5 Å². The molecule has 19 heavy (non-hydrogen) atoms. The molecule has 0 aliphatic carbocycles. The molecule has 0 aromatic heterocycles. The lowest BCUT2D eigenvalue weighted by Gasteiger charge is -2.24. The minimum atomic E-state index is -0.827. The standard InChI is InChI=1S/C16H32O2Si/c1-9-10-16(7,8)19-18-15(17)13(6)14(11(2)3)12(4)5/h11-12H,9-10,19H2,1-8H3. The molecule has 0 aromatic rings. The van der Waals surface area contributed by atoms with Crippen LogP contribution in [0.5, 0.6) is 0 Å². The van der Waals surface area contributed by atoms with Crippen LogP contribution in [-0.4, -0.2) is 15.7 Å². The van der Waals surface area contributed by atoms with Crippen LogP contribution in [0.2, 0.25) is 5.04 Å². The number of hydrogen-bond donors (Lipinski definition) is 0. The van der Waals surface area contributed by atoms with E-state index in [-0.39, 0.29) is 11.0 Å². The highest BCUT2D eigenvalue weighted by molar-refractivity contribution is 6.35. The monoisotopic (exact) mass is 284 g/mol. The van der Waals surface area contributed by atoms with Crippen LogP contribution >= 0.6 is 0 Å². The number of carbonyl (C=O) groups excluding carboxylic acids is 1. The van der Waals surface area contributed by atoms with Crippen molar-refractivity contribution in [2.24, 2.45) is 11.8 Å². The molecule has 0 amide bonds. The van der Waals surface area contributed by atoms with E-state index in [9.17, 15) is 4.79 Å². The Hall–Kier alpha value is -0.573. The van der Waals surface area contributed by atoms with E-state index in [4.69, 9.17) is 4.43 Å². The summed E-state index contributed by atoms with van der Waals surface area (Å²) >= 11 is 0. The summed E-state index contributed by atoms with van der Waals surface area (Å²) in [5.41, 5.74) is 2.05. The van der Waals surface area contributed by atoms with Gasteiger partial charge in [-0.25, -0.2) is 4.79 Å². The summed E-state index contributed by atoms with van der Waals surface area (Å²) in [5.74, 6) is 0.712. The maximum atomic E-state index is 12.2. The van der Waals surface area contributed by atoms with E-state index in [1.165, 1.54) is 5.57 Å². The van der Waals surface area contributed by atoms with Crippen molar-refractivity contribution in [2.75, 3.05) is 0 Å². The second-order valence-electron chi connectivity index (χ2n) is 6.88. The van der Waals surface area contributed by atoms with Gasteiger partial charge in [0.05, 0.1) is 0 Å². The Balaban J connectivity index is 4.78. The Labute approximate surface area is 121 Å². The third-order valence-electron chi connectivity index (χ3n) is 3.50. The van der Waals surface area contributed by atoms with E-state index in [1.807, 2.05) is 6.92 Å². The quantitative estimate of drug-likeness (QED) is 0.516. The molecular weight excluding hydrogens is 252 g/mol. The molecule has 0 aromatic carbocycles. The molecule has 0 N–H and O–H groups in total. The average Bonchev–Trinajstić information content (AvgIpc) is 2.24. The zero-order valence-corrected chi connectivity index (χ0v) is 15.5. The van der Waals surface area contributed by atoms with Gasteiger partial charge >= 0.3 is 5.97 Å². The van der Waals surface area contributed by atoms with Crippen LogP contribution in [0.4, 0.5) is 0 Å². The fourth-order valence-corrected chi connectivity index (χ4v) is 4.00. The third kappa shape index (κ3) is 6.41. The summed E-state index contributed by atoms with van der Waals surface area (Å²) in [5, 5.41) is 0.209. The molecule has 0 saturated heterocycles. The van der Waals surface area contributed by atoms with Gasteiger partial charge in [0, 0.05) is 5.57 Å². The van der Waals surface area contributed by atoms with Crippen molar-refractivity contribution < 1.29 is 9.22 Å². The van der Waals surface area contributed by atoms with Crippen LogP contribution in [-0.2, 0) is 9.22 Å². The molecule has 0 rings (SSSR count). The lowest BCUT2D eigenvalue weighted by atomic mass is 9.88. The Morgan fingerprint density at radius 2 is 1.63 bits per heavy atom. The van der Waals surface area contributed by atoms with Gasteiger partial charge in [-0.05, 0) is 30.2 Å². The first-order chi connectivity index (χ1) is 8.62. The van der Waals surface area contributed by atoms with Gasteiger partial charge in [-0.3, -0.25) is 0 Å². The molecule has 2 nitrogen and oxygen atoms in total. The fraction of sp³-hybridized carbons (Fsp3) is 0.812. The smallest absolute Gasteiger partial charge is 0.320 e. The minimum absolute atomic E-state index is 0.0896. The van der Waals surface area contributed by atoms with Crippen LogP contribution in [0.25, 0.3) is 0 Å². The van der Waals surface area contributed by atoms with E-state index < -0.39 is 9.76 Å². The van der Waals surface area contributed by atoms with Crippen LogP contribution in [0.15, 0.2) is 11.1 Å². The van der Waals surface area contributed by atoms with Gasteiger partial charge in [0.15, 0.2) is 0 Å². The van der Waals surface area contributed by atoms with Gasteiger partial charge in [0.1, 0.15) is 0 Å². The molecule has 0 spiro atoms. The van der Waals surface area contributed by atoms with Crippen molar-refractivity contribution in [3.63, 3.8) is 0 Å². The molecule has 0 radical (unpaired) electrons. The van der Waals surface area contributed by atoms with Gasteiger partial charge in [0.25, 0.3) is 0 Å². The molecule has 0 bridgehead atoms. The molecule has 0 fully saturated rings. The second kappa shape index (κ2) is 7.88. The lowest BCUT2D eigenvalue weighted by Crippen LogP contribution is -2.22. The first kappa shape index (κ1) is 18.4. The molecule has 0 aliphatic heterocycles. The fourth-order valence-electron chi connectivity index (χ4n) is 2.77. The minimum Gasteiger partial charge on any atom is -0.521 e. The first-order valence-electron chi connectivity index (χ1n) is 7.50. The predicted octanol–water partition coefficient (Wildman–Crippen LogP) is 4.24. The molecule has 3 heteroatoms. The summed E-state index contributed by atoms with van der Waals surface area (Å²) in [6.07, 6.45) is 2.28. The van der Waals surface area contributed by atoms with Crippen molar-refractivity contribution in [1.29, 1.82) is 0 Å². The van der Waals surface area contributed by atoms with E-state index in [0.717, 1.165) is 18.4 Å². The molecule has 0 aliphatic rings. The maximum absolute atomic E-state index is 12.2. The zero-order chi connectivity index (χ0) is 15.2. The van der Waals surface area contributed by atoms with E-state index in [1.54, 1.807) is 0 Å². The summed E-state index contributed by atoms with van der Waals surface area (Å²) in [6, 6.07) is 0. The SMILES string of the molecule is CCCC(C)(C)[SiH2]OC(=O)C(C)=C(C(C)C)C(C)C. The number of carbonyl (C=O) groups is 1. The predicted molar refractivity (Wildman–Crippen MR) is 86.0 cm³/mol. The summed E-state index contributed by atoms with van der Waals surface area (Å²) < 4.78 is 5.64.